The highest BCUT2D eigenvalue weighted by Crippen LogP contribution is 2.30. The molecule has 0 radical (unpaired) electrons. The van der Waals surface area contributed by atoms with Gasteiger partial charge in [-0.1, -0.05) is 25.3 Å². The van der Waals surface area contributed by atoms with E-state index in [-0.39, 0.29) is 6.10 Å². The van der Waals surface area contributed by atoms with Gasteiger partial charge in [-0.15, -0.1) is 0 Å². The molecular formula is C16H25NO2. The molecule has 1 N–H and O–H groups in total. The van der Waals surface area contributed by atoms with E-state index in [9.17, 15) is 5.11 Å². The van der Waals surface area contributed by atoms with E-state index in [1.807, 2.05) is 25.3 Å². The number of hydrogen-bond acceptors (Lipinski definition) is 3. The molecule has 1 aliphatic rings. The van der Waals surface area contributed by atoms with Crippen molar-refractivity contribution in [2.24, 2.45) is 5.92 Å². The summed E-state index contributed by atoms with van der Waals surface area (Å²) in [6, 6.07) is 3.93. The van der Waals surface area contributed by atoms with Crippen LogP contribution in [0.3, 0.4) is 0 Å². The van der Waals surface area contributed by atoms with Gasteiger partial charge in [0, 0.05) is 25.4 Å². The number of nitrogens with zero attached hydrogens (tertiary/aromatic N) is 1. The first kappa shape index (κ1) is 14.5. The molecule has 1 fully saturated rings. The lowest BCUT2D eigenvalue weighted by Crippen LogP contribution is -2.38. The largest absolute Gasteiger partial charge is 0.390 e. The Balaban J connectivity index is 1.97. The summed E-state index contributed by atoms with van der Waals surface area (Å²) in [6.45, 7) is 2.68. The molecule has 1 saturated carbocycles. The van der Waals surface area contributed by atoms with Gasteiger partial charge in [-0.25, -0.2) is 0 Å². The molecule has 0 aliphatic heterocycles. The lowest BCUT2D eigenvalue weighted by molar-refractivity contribution is -0.0715. The van der Waals surface area contributed by atoms with E-state index in [1.54, 1.807) is 6.20 Å². The molecule has 0 amide bonds. The fourth-order valence-electron chi connectivity index (χ4n) is 3.09. The Kier molecular flexibility index (Phi) is 5.80. The van der Waals surface area contributed by atoms with Gasteiger partial charge in [0.1, 0.15) is 0 Å². The number of hydrogen-bond donors (Lipinski definition) is 1. The Labute approximate surface area is 116 Å². The molecule has 0 spiro atoms. The summed E-state index contributed by atoms with van der Waals surface area (Å²) >= 11 is 0. The number of aliphatic hydroxyl groups excluding tert-OH is 1. The molecule has 3 nitrogen and oxygen atoms in total. The fraction of sp³-hybridized carbons (Fsp3) is 0.688. The monoisotopic (exact) mass is 263 g/mol. The van der Waals surface area contributed by atoms with E-state index < -0.39 is 6.10 Å². The maximum atomic E-state index is 10.5. The van der Waals surface area contributed by atoms with E-state index in [2.05, 4.69) is 4.98 Å². The normalized spacial score (nSPS) is 20.1. The zero-order chi connectivity index (χ0) is 13.5. The Morgan fingerprint density at radius 2 is 2.16 bits per heavy atom. The Hall–Kier alpha value is -0.930. The predicted molar refractivity (Wildman–Crippen MR) is 75.9 cm³/mol. The topological polar surface area (TPSA) is 42.4 Å². The van der Waals surface area contributed by atoms with Gasteiger partial charge in [0.05, 0.1) is 12.2 Å². The highest BCUT2D eigenvalue weighted by Gasteiger charge is 2.30. The summed E-state index contributed by atoms with van der Waals surface area (Å²) in [4.78, 5) is 4.10. The number of pyridine rings is 1. The second-order valence-corrected chi connectivity index (χ2v) is 5.45. The average Bonchev–Trinajstić information content (AvgIpc) is 2.46. The molecule has 2 unspecified atom stereocenters. The summed E-state index contributed by atoms with van der Waals surface area (Å²) in [5.74, 6) is 0.514. The van der Waals surface area contributed by atoms with Gasteiger partial charge in [0.15, 0.2) is 0 Å². The molecule has 0 saturated heterocycles. The van der Waals surface area contributed by atoms with Crippen LogP contribution in [0.25, 0.3) is 0 Å². The van der Waals surface area contributed by atoms with Crippen LogP contribution in [0.15, 0.2) is 24.5 Å². The molecule has 1 aromatic rings. The molecule has 2 atom stereocenters. The van der Waals surface area contributed by atoms with E-state index in [4.69, 9.17) is 4.74 Å². The van der Waals surface area contributed by atoms with Gasteiger partial charge in [-0.2, -0.15) is 0 Å². The quantitative estimate of drug-likeness (QED) is 0.858. The maximum absolute atomic E-state index is 10.5. The molecule has 1 heterocycles. The molecule has 0 aromatic carbocycles. The van der Waals surface area contributed by atoms with Gasteiger partial charge in [0.2, 0.25) is 0 Å². The van der Waals surface area contributed by atoms with E-state index >= 15 is 0 Å². The zero-order valence-corrected chi connectivity index (χ0v) is 11.8. The number of rotatable bonds is 6. The van der Waals surface area contributed by atoms with Gasteiger partial charge < -0.3 is 9.84 Å². The lowest BCUT2D eigenvalue weighted by Gasteiger charge is -2.33. The molecule has 1 aliphatic carbocycles. The maximum Gasteiger partial charge on any atom is 0.0865 e. The molecule has 19 heavy (non-hydrogen) atoms. The molecule has 2 rings (SSSR count). The Morgan fingerprint density at radius 1 is 1.37 bits per heavy atom. The number of aromatic nitrogens is 1. The van der Waals surface area contributed by atoms with Crippen LogP contribution in [0.5, 0.6) is 0 Å². The summed E-state index contributed by atoms with van der Waals surface area (Å²) < 4.78 is 5.85. The van der Waals surface area contributed by atoms with E-state index in [1.165, 1.54) is 32.1 Å². The predicted octanol–water partition coefficient (Wildman–Crippen LogP) is 2.97. The third-order valence-electron chi connectivity index (χ3n) is 4.02. The van der Waals surface area contributed by atoms with Crippen molar-refractivity contribution in [3.05, 3.63) is 30.1 Å². The van der Waals surface area contributed by atoms with Crippen molar-refractivity contribution in [2.75, 3.05) is 6.61 Å². The van der Waals surface area contributed by atoms with Crippen LogP contribution >= 0.6 is 0 Å². The highest BCUT2D eigenvalue weighted by molar-refractivity contribution is 5.10. The summed E-state index contributed by atoms with van der Waals surface area (Å²) in [5, 5.41) is 10.5. The number of aliphatic hydroxyl groups is 1. The summed E-state index contributed by atoms with van der Waals surface area (Å²) in [7, 11) is 0. The first-order valence-corrected chi connectivity index (χ1v) is 7.50. The van der Waals surface area contributed by atoms with Gasteiger partial charge in [-0.3, -0.25) is 4.98 Å². The molecule has 0 bridgehead atoms. The van der Waals surface area contributed by atoms with Crippen LogP contribution in [0, 0.1) is 5.92 Å². The Bertz CT molecular complexity index is 349. The standard InChI is InChI=1S/C16H25NO2/c1-2-19-16(14-8-4-3-5-9-14)15(18)11-13-7-6-10-17-12-13/h6-7,10,12,14-16,18H,2-5,8-9,11H2,1H3. The van der Waals surface area contributed by atoms with Crippen LogP contribution in [-0.4, -0.2) is 28.9 Å². The van der Waals surface area contributed by atoms with Crippen molar-refractivity contribution in [1.29, 1.82) is 0 Å². The minimum atomic E-state index is -0.424. The van der Waals surface area contributed by atoms with Crippen LogP contribution in [0.1, 0.15) is 44.6 Å². The van der Waals surface area contributed by atoms with Gasteiger partial charge in [0.25, 0.3) is 0 Å². The van der Waals surface area contributed by atoms with E-state index in [0.717, 1.165) is 5.56 Å². The first-order valence-electron chi connectivity index (χ1n) is 7.50. The van der Waals surface area contributed by atoms with Crippen LogP contribution in [0.2, 0.25) is 0 Å². The first-order chi connectivity index (χ1) is 9.31. The summed E-state index contributed by atoms with van der Waals surface area (Å²) in [5.41, 5.74) is 1.08. The molecular weight excluding hydrogens is 238 g/mol. The van der Waals surface area contributed by atoms with Crippen LogP contribution in [0.4, 0.5) is 0 Å². The van der Waals surface area contributed by atoms with Crippen molar-refractivity contribution in [3.63, 3.8) is 0 Å². The van der Waals surface area contributed by atoms with Gasteiger partial charge in [-0.05, 0) is 37.3 Å². The highest BCUT2D eigenvalue weighted by atomic mass is 16.5. The van der Waals surface area contributed by atoms with E-state index in [0.29, 0.717) is 18.9 Å². The Morgan fingerprint density at radius 3 is 2.79 bits per heavy atom. The molecule has 106 valence electrons. The lowest BCUT2D eigenvalue weighted by atomic mass is 9.82. The zero-order valence-electron chi connectivity index (χ0n) is 11.8. The molecule has 3 heteroatoms. The fourth-order valence-corrected chi connectivity index (χ4v) is 3.09. The third kappa shape index (κ3) is 4.29. The minimum Gasteiger partial charge on any atom is -0.390 e. The average molecular weight is 263 g/mol. The third-order valence-corrected chi connectivity index (χ3v) is 4.02. The summed E-state index contributed by atoms with van der Waals surface area (Å²) in [6.07, 6.45) is 10.0. The molecule has 1 aromatic heterocycles. The van der Waals surface area contributed by atoms with Crippen molar-refractivity contribution in [2.45, 2.75) is 57.7 Å². The van der Waals surface area contributed by atoms with Gasteiger partial charge >= 0.3 is 0 Å². The van der Waals surface area contributed by atoms with Crippen molar-refractivity contribution in [3.8, 4) is 0 Å². The second kappa shape index (κ2) is 7.61. The van der Waals surface area contributed by atoms with Crippen molar-refractivity contribution < 1.29 is 9.84 Å². The van der Waals surface area contributed by atoms with Crippen LogP contribution in [-0.2, 0) is 11.2 Å². The minimum absolute atomic E-state index is 0.0227. The van der Waals surface area contributed by atoms with Crippen molar-refractivity contribution >= 4 is 0 Å². The SMILES string of the molecule is CCOC(C(O)Cc1cccnc1)C1CCCCC1. The second-order valence-electron chi connectivity index (χ2n) is 5.45. The van der Waals surface area contributed by atoms with Crippen molar-refractivity contribution in [1.82, 2.24) is 4.98 Å². The number of ether oxygens (including phenoxy) is 1. The smallest absolute Gasteiger partial charge is 0.0865 e. The van der Waals surface area contributed by atoms with Crippen LogP contribution < -0.4 is 0 Å².